The molecule has 0 aromatic carbocycles. The summed E-state index contributed by atoms with van der Waals surface area (Å²) in [5.74, 6) is -0.0938. The van der Waals surface area contributed by atoms with E-state index in [1.165, 1.54) is 0 Å². The van der Waals surface area contributed by atoms with E-state index >= 15 is 0 Å². The van der Waals surface area contributed by atoms with Gasteiger partial charge in [-0.15, -0.1) is 0 Å². The van der Waals surface area contributed by atoms with Gasteiger partial charge >= 0.3 is 0 Å². The van der Waals surface area contributed by atoms with Gasteiger partial charge in [-0.2, -0.15) is 0 Å². The number of carbonyl (C=O) groups is 1. The van der Waals surface area contributed by atoms with Crippen molar-refractivity contribution >= 4 is 15.8 Å². The first-order chi connectivity index (χ1) is 8.85. The van der Waals surface area contributed by atoms with Crippen LogP contribution in [0.5, 0.6) is 0 Å². The van der Waals surface area contributed by atoms with Gasteiger partial charge < -0.3 is 0 Å². The van der Waals surface area contributed by atoms with E-state index in [1.54, 1.807) is 6.92 Å². The summed E-state index contributed by atoms with van der Waals surface area (Å²) in [6.45, 7) is 7.51. The van der Waals surface area contributed by atoms with Gasteiger partial charge in [0.15, 0.2) is 0 Å². The molecule has 112 valence electrons. The predicted molar refractivity (Wildman–Crippen MR) is 76.6 cm³/mol. The Morgan fingerprint density at radius 3 is 2.68 bits per heavy atom. The number of hydrogen-bond acceptors (Lipinski definition) is 4. The molecule has 1 heterocycles. The normalized spacial score (nSPS) is 21.2. The summed E-state index contributed by atoms with van der Waals surface area (Å²) >= 11 is 0. The summed E-state index contributed by atoms with van der Waals surface area (Å²) in [6, 6.07) is 0.732. The standard InChI is InChI=1S/C13H26N2O3S/c1-4-13(16)7-9-19(17,18)14-10-12-6-5-8-15(12)11(2)3/h11-12,14H,4-10H2,1-3H3/t12-/m0/s1. The van der Waals surface area contributed by atoms with Gasteiger partial charge in [0, 0.05) is 31.5 Å². The predicted octanol–water partition coefficient (Wildman–Crippen LogP) is 1.15. The van der Waals surface area contributed by atoms with Crippen LogP contribution in [0.15, 0.2) is 0 Å². The van der Waals surface area contributed by atoms with E-state index in [9.17, 15) is 13.2 Å². The van der Waals surface area contributed by atoms with E-state index in [2.05, 4.69) is 23.5 Å². The second kappa shape index (κ2) is 7.36. The van der Waals surface area contributed by atoms with E-state index in [1.807, 2.05) is 0 Å². The summed E-state index contributed by atoms with van der Waals surface area (Å²) in [7, 11) is -3.32. The lowest BCUT2D eigenvalue weighted by atomic mass is 10.2. The van der Waals surface area contributed by atoms with Crippen molar-refractivity contribution in [3.63, 3.8) is 0 Å². The molecule has 0 amide bonds. The highest BCUT2D eigenvalue weighted by molar-refractivity contribution is 7.89. The number of Topliss-reactive ketones (excluding diaryl/α,β-unsaturated/α-hetero) is 1. The summed E-state index contributed by atoms with van der Waals surface area (Å²) in [5.41, 5.74) is 0. The highest BCUT2D eigenvalue weighted by Gasteiger charge is 2.27. The molecule has 0 bridgehead atoms. The maximum absolute atomic E-state index is 11.8. The van der Waals surface area contributed by atoms with E-state index in [0.29, 0.717) is 19.0 Å². The van der Waals surface area contributed by atoms with E-state index in [4.69, 9.17) is 0 Å². The van der Waals surface area contributed by atoms with Crippen molar-refractivity contribution in [2.45, 2.75) is 58.5 Å². The molecule has 1 atom stereocenters. The van der Waals surface area contributed by atoms with Crippen molar-refractivity contribution in [2.24, 2.45) is 0 Å². The molecule has 0 aliphatic carbocycles. The number of rotatable bonds is 8. The summed E-state index contributed by atoms with van der Waals surface area (Å²) in [4.78, 5) is 13.5. The zero-order chi connectivity index (χ0) is 14.5. The van der Waals surface area contributed by atoms with Crippen LogP contribution in [-0.4, -0.2) is 50.0 Å². The Morgan fingerprint density at radius 2 is 2.11 bits per heavy atom. The molecular formula is C13H26N2O3S. The van der Waals surface area contributed by atoms with E-state index in [-0.39, 0.29) is 24.0 Å². The molecule has 0 saturated carbocycles. The van der Waals surface area contributed by atoms with Crippen molar-refractivity contribution in [1.29, 1.82) is 0 Å². The quantitative estimate of drug-likeness (QED) is 0.728. The van der Waals surface area contributed by atoms with Crippen molar-refractivity contribution in [2.75, 3.05) is 18.8 Å². The van der Waals surface area contributed by atoms with Crippen LogP contribution in [0.3, 0.4) is 0 Å². The second-order valence-electron chi connectivity index (χ2n) is 5.44. The largest absolute Gasteiger partial charge is 0.300 e. The minimum Gasteiger partial charge on any atom is -0.300 e. The van der Waals surface area contributed by atoms with Gasteiger partial charge in [-0.25, -0.2) is 13.1 Å². The van der Waals surface area contributed by atoms with Gasteiger partial charge in [0.2, 0.25) is 10.0 Å². The average Bonchev–Trinajstić information content (AvgIpc) is 2.82. The van der Waals surface area contributed by atoms with Crippen LogP contribution in [0.2, 0.25) is 0 Å². The lowest BCUT2D eigenvalue weighted by molar-refractivity contribution is -0.118. The molecule has 6 heteroatoms. The van der Waals surface area contributed by atoms with Crippen LogP contribution in [0, 0.1) is 0 Å². The van der Waals surface area contributed by atoms with Gasteiger partial charge in [0.1, 0.15) is 5.78 Å². The van der Waals surface area contributed by atoms with Crippen molar-refractivity contribution < 1.29 is 13.2 Å². The van der Waals surface area contributed by atoms with Crippen molar-refractivity contribution in [1.82, 2.24) is 9.62 Å². The molecule has 19 heavy (non-hydrogen) atoms. The fourth-order valence-electron chi connectivity index (χ4n) is 2.48. The second-order valence-corrected chi connectivity index (χ2v) is 7.36. The summed E-state index contributed by atoms with van der Waals surface area (Å²) < 4.78 is 26.2. The Hall–Kier alpha value is -0.460. The number of carbonyl (C=O) groups excluding carboxylic acids is 1. The summed E-state index contributed by atoms with van der Waals surface area (Å²) in [6.07, 6.45) is 2.68. The van der Waals surface area contributed by atoms with Crippen LogP contribution in [0.25, 0.3) is 0 Å². The number of hydrogen-bond donors (Lipinski definition) is 1. The van der Waals surface area contributed by atoms with E-state index in [0.717, 1.165) is 19.4 Å². The molecule has 5 nitrogen and oxygen atoms in total. The molecule has 0 unspecified atom stereocenters. The lowest BCUT2D eigenvalue weighted by Gasteiger charge is -2.28. The Bertz CT molecular complexity index is 393. The van der Waals surface area contributed by atoms with Gasteiger partial charge in [-0.1, -0.05) is 6.92 Å². The third-order valence-electron chi connectivity index (χ3n) is 3.67. The number of nitrogens with one attached hydrogen (secondary N) is 1. The molecule has 1 N–H and O–H groups in total. The molecule has 1 saturated heterocycles. The Morgan fingerprint density at radius 1 is 1.42 bits per heavy atom. The molecule has 1 rings (SSSR count). The fourth-order valence-corrected chi connectivity index (χ4v) is 3.56. The molecule has 0 aromatic rings. The van der Waals surface area contributed by atoms with Gasteiger partial charge in [0.05, 0.1) is 5.75 Å². The number of sulfonamides is 1. The molecular weight excluding hydrogens is 264 g/mol. The Kier molecular flexibility index (Phi) is 6.42. The zero-order valence-electron chi connectivity index (χ0n) is 12.2. The highest BCUT2D eigenvalue weighted by Crippen LogP contribution is 2.19. The Labute approximate surface area is 116 Å². The smallest absolute Gasteiger partial charge is 0.212 e. The van der Waals surface area contributed by atoms with Gasteiger partial charge in [-0.05, 0) is 33.2 Å². The fraction of sp³-hybridized carbons (Fsp3) is 0.923. The first-order valence-corrected chi connectivity index (χ1v) is 8.75. The van der Waals surface area contributed by atoms with Gasteiger partial charge in [0.25, 0.3) is 0 Å². The molecule has 0 spiro atoms. The first kappa shape index (κ1) is 16.6. The van der Waals surface area contributed by atoms with E-state index < -0.39 is 10.0 Å². The zero-order valence-corrected chi connectivity index (χ0v) is 13.0. The minimum absolute atomic E-state index is 0.00458. The maximum atomic E-state index is 11.8. The third-order valence-corrected chi connectivity index (χ3v) is 5.02. The molecule has 0 radical (unpaired) electrons. The first-order valence-electron chi connectivity index (χ1n) is 7.10. The van der Waals surface area contributed by atoms with Crippen LogP contribution in [0.1, 0.15) is 46.5 Å². The average molecular weight is 290 g/mol. The Balaban J connectivity index is 2.40. The topological polar surface area (TPSA) is 66.5 Å². The molecule has 0 aromatic heterocycles. The summed E-state index contributed by atoms with van der Waals surface area (Å²) in [5, 5.41) is 0. The molecule has 1 aliphatic rings. The van der Waals surface area contributed by atoms with Crippen LogP contribution in [0.4, 0.5) is 0 Å². The van der Waals surface area contributed by atoms with Crippen LogP contribution < -0.4 is 4.72 Å². The number of nitrogens with zero attached hydrogens (tertiary/aromatic N) is 1. The third kappa shape index (κ3) is 5.58. The molecule has 1 fully saturated rings. The maximum Gasteiger partial charge on any atom is 0.212 e. The van der Waals surface area contributed by atoms with Crippen molar-refractivity contribution in [3.8, 4) is 0 Å². The monoisotopic (exact) mass is 290 g/mol. The lowest BCUT2D eigenvalue weighted by Crippen LogP contribution is -2.43. The van der Waals surface area contributed by atoms with Crippen LogP contribution >= 0.6 is 0 Å². The molecule has 1 aliphatic heterocycles. The number of likely N-dealkylation sites (tertiary alicyclic amines) is 1. The highest BCUT2D eigenvalue weighted by atomic mass is 32.2. The number of ketones is 1. The minimum atomic E-state index is -3.32. The van der Waals surface area contributed by atoms with Crippen LogP contribution in [-0.2, 0) is 14.8 Å². The van der Waals surface area contributed by atoms with Crippen molar-refractivity contribution in [3.05, 3.63) is 0 Å². The SMILES string of the molecule is CCC(=O)CCS(=O)(=O)NC[C@@H]1CCCN1C(C)C. The van der Waals surface area contributed by atoms with Gasteiger partial charge in [-0.3, -0.25) is 9.69 Å².